The lowest BCUT2D eigenvalue weighted by atomic mass is 9.91. The standard InChI is InChI=1S/C20H20N2/c1-3-9-17(10-4-1)20(18-11-5-2-6-12-18)16-21-15-19-13-7-8-14-22-19/h1-14,20-21H,15-16H2. The fourth-order valence-corrected chi connectivity index (χ4v) is 2.65. The van der Waals surface area contributed by atoms with Gasteiger partial charge in [-0.1, -0.05) is 66.7 Å². The lowest BCUT2D eigenvalue weighted by Gasteiger charge is -2.18. The van der Waals surface area contributed by atoms with Crippen LogP contribution in [0.4, 0.5) is 0 Å². The summed E-state index contributed by atoms with van der Waals surface area (Å²) < 4.78 is 0. The molecule has 2 nitrogen and oxygen atoms in total. The van der Waals surface area contributed by atoms with Crippen LogP contribution in [-0.2, 0) is 6.54 Å². The third-order valence-corrected chi connectivity index (χ3v) is 3.78. The first-order valence-corrected chi connectivity index (χ1v) is 7.64. The zero-order valence-electron chi connectivity index (χ0n) is 12.5. The second-order valence-electron chi connectivity index (χ2n) is 5.33. The molecule has 0 unspecified atom stereocenters. The third-order valence-electron chi connectivity index (χ3n) is 3.78. The molecule has 0 spiro atoms. The highest BCUT2D eigenvalue weighted by atomic mass is 14.9. The molecule has 0 aliphatic heterocycles. The summed E-state index contributed by atoms with van der Waals surface area (Å²) in [5.74, 6) is 0.353. The predicted molar refractivity (Wildman–Crippen MR) is 90.7 cm³/mol. The number of aromatic nitrogens is 1. The summed E-state index contributed by atoms with van der Waals surface area (Å²) >= 11 is 0. The van der Waals surface area contributed by atoms with E-state index in [1.165, 1.54) is 11.1 Å². The molecular formula is C20H20N2. The highest BCUT2D eigenvalue weighted by Gasteiger charge is 2.13. The molecule has 3 aromatic rings. The average Bonchev–Trinajstić information content (AvgIpc) is 2.61. The number of benzene rings is 2. The summed E-state index contributed by atoms with van der Waals surface area (Å²) in [6, 6.07) is 27.3. The van der Waals surface area contributed by atoms with Gasteiger partial charge in [-0.3, -0.25) is 4.98 Å². The minimum atomic E-state index is 0.353. The lowest BCUT2D eigenvalue weighted by Crippen LogP contribution is -2.22. The van der Waals surface area contributed by atoms with Crippen molar-refractivity contribution < 1.29 is 0 Å². The molecule has 1 aromatic heterocycles. The molecule has 0 aliphatic rings. The third kappa shape index (κ3) is 3.80. The number of rotatable bonds is 6. The summed E-state index contributed by atoms with van der Waals surface area (Å²) in [6.07, 6.45) is 1.84. The van der Waals surface area contributed by atoms with Crippen molar-refractivity contribution in [3.8, 4) is 0 Å². The molecule has 3 rings (SSSR count). The molecule has 1 heterocycles. The SMILES string of the molecule is c1ccc(C(CNCc2ccccn2)c2ccccc2)cc1. The van der Waals surface area contributed by atoms with E-state index in [1.54, 1.807) is 0 Å². The Hall–Kier alpha value is -2.45. The van der Waals surface area contributed by atoms with Gasteiger partial charge < -0.3 is 5.32 Å². The van der Waals surface area contributed by atoms with Crippen LogP contribution in [0.25, 0.3) is 0 Å². The Morgan fingerprint density at radius 3 is 1.86 bits per heavy atom. The molecule has 0 fully saturated rings. The van der Waals surface area contributed by atoms with Gasteiger partial charge in [0.25, 0.3) is 0 Å². The van der Waals surface area contributed by atoms with Crippen molar-refractivity contribution >= 4 is 0 Å². The van der Waals surface area contributed by atoms with Crippen molar-refractivity contribution in [1.82, 2.24) is 10.3 Å². The van der Waals surface area contributed by atoms with E-state index in [9.17, 15) is 0 Å². The first-order valence-electron chi connectivity index (χ1n) is 7.64. The van der Waals surface area contributed by atoms with Crippen LogP contribution in [-0.4, -0.2) is 11.5 Å². The van der Waals surface area contributed by atoms with Gasteiger partial charge in [0.2, 0.25) is 0 Å². The highest BCUT2D eigenvalue weighted by molar-refractivity contribution is 5.32. The van der Waals surface area contributed by atoms with E-state index in [0.29, 0.717) is 5.92 Å². The molecule has 0 bridgehead atoms. The van der Waals surface area contributed by atoms with Crippen molar-refractivity contribution in [2.24, 2.45) is 0 Å². The summed E-state index contributed by atoms with van der Waals surface area (Å²) in [7, 11) is 0. The van der Waals surface area contributed by atoms with Crippen LogP contribution in [0.3, 0.4) is 0 Å². The number of nitrogens with one attached hydrogen (secondary N) is 1. The fraction of sp³-hybridized carbons (Fsp3) is 0.150. The zero-order chi connectivity index (χ0) is 15.0. The molecule has 0 amide bonds. The van der Waals surface area contributed by atoms with Crippen LogP contribution in [0.2, 0.25) is 0 Å². The maximum absolute atomic E-state index is 4.36. The van der Waals surface area contributed by atoms with Gasteiger partial charge in [-0.2, -0.15) is 0 Å². The van der Waals surface area contributed by atoms with E-state index < -0.39 is 0 Å². The second-order valence-corrected chi connectivity index (χ2v) is 5.33. The van der Waals surface area contributed by atoms with Crippen molar-refractivity contribution in [3.05, 3.63) is 102 Å². The van der Waals surface area contributed by atoms with Crippen molar-refractivity contribution in [3.63, 3.8) is 0 Å². The summed E-state index contributed by atoms with van der Waals surface area (Å²) in [6.45, 7) is 1.68. The van der Waals surface area contributed by atoms with Gasteiger partial charge in [0.15, 0.2) is 0 Å². The maximum atomic E-state index is 4.36. The van der Waals surface area contributed by atoms with Gasteiger partial charge in [-0.15, -0.1) is 0 Å². The molecule has 22 heavy (non-hydrogen) atoms. The molecular weight excluding hydrogens is 268 g/mol. The minimum absolute atomic E-state index is 0.353. The van der Waals surface area contributed by atoms with E-state index in [4.69, 9.17) is 0 Å². The Morgan fingerprint density at radius 2 is 1.32 bits per heavy atom. The number of nitrogens with zero attached hydrogens (tertiary/aromatic N) is 1. The Labute approximate surface area is 131 Å². The van der Waals surface area contributed by atoms with E-state index in [-0.39, 0.29) is 0 Å². The molecule has 0 saturated heterocycles. The Morgan fingerprint density at radius 1 is 0.727 bits per heavy atom. The first-order chi connectivity index (χ1) is 10.9. The van der Waals surface area contributed by atoms with E-state index in [1.807, 2.05) is 24.4 Å². The first kappa shape index (κ1) is 14.5. The molecule has 1 N–H and O–H groups in total. The quantitative estimate of drug-likeness (QED) is 0.741. The summed E-state index contributed by atoms with van der Waals surface area (Å²) in [4.78, 5) is 4.36. The van der Waals surface area contributed by atoms with Crippen LogP contribution in [0.1, 0.15) is 22.7 Å². The molecule has 110 valence electrons. The highest BCUT2D eigenvalue weighted by Crippen LogP contribution is 2.23. The Bertz CT molecular complexity index is 626. The average molecular weight is 288 g/mol. The van der Waals surface area contributed by atoms with Crippen LogP contribution in [0.5, 0.6) is 0 Å². The fourth-order valence-electron chi connectivity index (χ4n) is 2.65. The molecule has 2 aromatic carbocycles. The normalized spacial score (nSPS) is 10.8. The van der Waals surface area contributed by atoms with Crippen molar-refractivity contribution in [2.75, 3.05) is 6.54 Å². The zero-order valence-corrected chi connectivity index (χ0v) is 12.5. The molecule has 0 radical (unpaired) electrons. The molecule has 2 heteroatoms. The number of hydrogen-bond donors (Lipinski definition) is 1. The van der Waals surface area contributed by atoms with E-state index >= 15 is 0 Å². The largest absolute Gasteiger partial charge is 0.310 e. The maximum Gasteiger partial charge on any atom is 0.0541 e. The van der Waals surface area contributed by atoms with Gasteiger partial charge >= 0.3 is 0 Å². The van der Waals surface area contributed by atoms with E-state index in [2.05, 4.69) is 71.0 Å². The van der Waals surface area contributed by atoms with Gasteiger partial charge in [0, 0.05) is 25.2 Å². The van der Waals surface area contributed by atoms with Crippen LogP contribution >= 0.6 is 0 Å². The summed E-state index contributed by atoms with van der Waals surface area (Å²) in [5.41, 5.74) is 3.74. The van der Waals surface area contributed by atoms with Crippen LogP contribution in [0, 0.1) is 0 Å². The lowest BCUT2D eigenvalue weighted by molar-refractivity contribution is 0.628. The smallest absolute Gasteiger partial charge is 0.0541 e. The van der Waals surface area contributed by atoms with Gasteiger partial charge in [0.05, 0.1) is 5.69 Å². The van der Waals surface area contributed by atoms with Gasteiger partial charge in [-0.25, -0.2) is 0 Å². The molecule has 0 atom stereocenters. The Balaban J connectivity index is 1.72. The van der Waals surface area contributed by atoms with E-state index in [0.717, 1.165) is 18.8 Å². The van der Waals surface area contributed by atoms with Crippen LogP contribution in [0.15, 0.2) is 85.1 Å². The van der Waals surface area contributed by atoms with Gasteiger partial charge in [0.1, 0.15) is 0 Å². The minimum Gasteiger partial charge on any atom is -0.310 e. The molecule has 0 aliphatic carbocycles. The molecule has 0 saturated carbocycles. The van der Waals surface area contributed by atoms with Crippen LogP contribution < -0.4 is 5.32 Å². The predicted octanol–water partition coefficient (Wildman–Crippen LogP) is 4.00. The number of pyridine rings is 1. The summed E-state index contributed by atoms with van der Waals surface area (Å²) in [5, 5.41) is 3.54. The second kappa shape index (κ2) is 7.53. The topological polar surface area (TPSA) is 24.9 Å². The van der Waals surface area contributed by atoms with Crippen molar-refractivity contribution in [1.29, 1.82) is 0 Å². The Kier molecular flexibility index (Phi) is 4.96. The number of hydrogen-bond acceptors (Lipinski definition) is 2. The van der Waals surface area contributed by atoms with Crippen molar-refractivity contribution in [2.45, 2.75) is 12.5 Å². The van der Waals surface area contributed by atoms with Gasteiger partial charge in [-0.05, 0) is 23.3 Å². The monoisotopic (exact) mass is 288 g/mol.